The number of anilines is 1. The number of hydrogen-bond donors (Lipinski definition) is 1. The minimum absolute atomic E-state index is 0.859. The van der Waals surface area contributed by atoms with Gasteiger partial charge in [-0.1, -0.05) is 22.0 Å². The van der Waals surface area contributed by atoms with Crippen molar-refractivity contribution >= 4 is 21.6 Å². The van der Waals surface area contributed by atoms with E-state index in [0.717, 1.165) is 11.0 Å². The minimum Gasteiger partial charge on any atom is -0.381 e. The number of nitrogens with one attached hydrogen (secondary N) is 1. The van der Waals surface area contributed by atoms with Crippen LogP contribution in [-0.2, 0) is 13.6 Å². The predicted molar refractivity (Wildman–Crippen MR) is 71.6 cm³/mol. The Kier molecular flexibility index (Phi) is 3.34. The summed E-state index contributed by atoms with van der Waals surface area (Å²) in [5.74, 6) is 0. The standard InChI is InChI=1S/C13H15BrN2/c1-10-3-4-12(14)7-13(10)15-8-11-5-6-16(2)9-11/h3-7,9,15H,8H2,1-2H3. The van der Waals surface area contributed by atoms with Crippen molar-refractivity contribution in [3.63, 3.8) is 0 Å². The molecular weight excluding hydrogens is 264 g/mol. The summed E-state index contributed by atoms with van der Waals surface area (Å²) in [6, 6.07) is 8.40. The van der Waals surface area contributed by atoms with Crippen molar-refractivity contribution in [3.8, 4) is 0 Å². The number of aryl methyl sites for hydroxylation is 2. The normalized spacial score (nSPS) is 10.4. The molecule has 1 N–H and O–H groups in total. The van der Waals surface area contributed by atoms with Gasteiger partial charge in [-0.25, -0.2) is 0 Å². The monoisotopic (exact) mass is 278 g/mol. The van der Waals surface area contributed by atoms with Crippen molar-refractivity contribution in [2.24, 2.45) is 7.05 Å². The van der Waals surface area contributed by atoms with Gasteiger partial charge in [-0.05, 0) is 36.2 Å². The van der Waals surface area contributed by atoms with Crippen molar-refractivity contribution in [2.45, 2.75) is 13.5 Å². The summed E-state index contributed by atoms with van der Waals surface area (Å²) in [5.41, 5.74) is 3.74. The molecule has 84 valence electrons. The number of aromatic nitrogens is 1. The van der Waals surface area contributed by atoms with Crippen LogP contribution in [0.25, 0.3) is 0 Å². The van der Waals surface area contributed by atoms with Crippen LogP contribution in [-0.4, -0.2) is 4.57 Å². The first-order valence-corrected chi connectivity index (χ1v) is 6.05. The maximum absolute atomic E-state index is 3.48. The third-order valence-electron chi connectivity index (χ3n) is 2.58. The average Bonchev–Trinajstić information content (AvgIpc) is 2.66. The molecule has 0 saturated carbocycles. The Bertz CT molecular complexity index is 488. The lowest BCUT2D eigenvalue weighted by molar-refractivity contribution is 0.920. The molecule has 0 aliphatic carbocycles. The fourth-order valence-electron chi connectivity index (χ4n) is 1.65. The van der Waals surface area contributed by atoms with E-state index in [4.69, 9.17) is 0 Å². The molecule has 16 heavy (non-hydrogen) atoms. The lowest BCUT2D eigenvalue weighted by Gasteiger charge is -2.09. The molecule has 0 aliphatic heterocycles. The second kappa shape index (κ2) is 4.74. The van der Waals surface area contributed by atoms with E-state index in [1.54, 1.807) is 0 Å². The first kappa shape index (κ1) is 11.3. The highest BCUT2D eigenvalue weighted by atomic mass is 79.9. The van der Waals surface area contributed by atoms with Gasteiger partial charge in [0.15, 0.2) is 0 Å². The summed E-state index contributed by atoms with van der Waals surface area (Å²) in [6.07, 6.45) is 4.19. The van der Waals surface area contributed by atoms with Crippen LogP contribution in [0.4, 0.5) is 5.69 Å². The van der Waals surface area contributed by atoms with Gasteiger partial charge >= 0.3 is 0 Å². The molecule has 0 spiro atoms. The Hall–Kier alpha value is -1.22. The topological polar surface area (TPSA) is 17.0 Å². The van der Waals surface area contributed by atoms with Crippen LogP contribution in [0.15, 0.2) is 41.1 Å². The molecule has 0 aliphatic rings. The molecule has 1 heterocycles. The number of rotatable bonds is 3. The molecule has 1 aromatic heterocycles. The summed E-state index contributed by atoms with van der Waals surface area (Å²) >= 11 is 3.48. The van der Waals surface area contributed by atoms with Crippen LogP contribution in [0.2, 0.25) is 0 Å². The number of hydrogen-bond acceptors (Lipinski definition) is 1. The van der Waals surface area contributed by atoms with Crippen LogP contribution >= 0.6 is 15.9 Å². The lowest BCUT2D eigenvalue weighted by atomic mass is 10.2. The van der Waals surface area contributed by atoms with E-state index in [1.807, 2.05) is 7.05 Å². The zero-order chi connectivity index (χ0) is 11.5. The molecule has 0 fully saturated rings. The maximum atomic E-state index is 3.48. The van der Waals surface area contributed by atoms with Crippen molar-refractivity contribution in [2.75, 3.05) is 5.32 Å². The molecule has 2 nitrogen and oxygen atoms in total. The summed E-state index contributed by atoms with van der Waals surface area (Å²) in [6.45, 7) is 2.97. The Morgan fingerprint density at radius 2 is 2.12 bits per heavy atom. The Morgan fingerprint density at radius 3 is 2.81 bits per heavy atom. The van der Waals surface area contributed by atoms with E-state index in [2.05, 4.69) is 69.4 Å². The quantitative estimate of drug-likeness (QED) is 0.906. The molecule has 0 radical (unpaired) electrons. The lowest BCUT2D eigenvalue weighted by Crippen LogP contribution is -2.00. The minimum atomic E-state index is 0.859. The Morgan fingerprint density at radius 1 is 1.31 bits per heavy atom. The number of halogens is 1. The zero-order valence-corrected chi connectivity index (χ0v) is 11.1. The smallest absolute Gasteiger partial charge is 0.0415 e. The SMILES string of the molecule is Cc1ccc(Br)cc1NCc1ccn(C)c1. The van der Waals surface area contributed by atoms with Gasteiger partial charge in [0, 0.05) is 36.1 Å². The molecule has 0 atom stereocenters. The van der Waals surface area contributed by atoms with Gasteiger partial charge in [0.2, 0.25) is 0 Å². The van der Waals surface area contributed by atoms with Crippen LogP contribution in [0.5, 0.6) is 0 Å². The van der Waals surface area contributed by atoms with Crippen LogP contribution < -0.4 is 5.32 Å². The Balaban J connectivity index is 2.07. The van der Waals surface area contributed by atoms with E-state index < -0.39 is 0 Å². The fraction of sp³-hybridized carbons (Fsp3) is 0.231. The molecule has 1 aromatic carbocycles. The molecule has 2 rings (SSSR count). The van der Waals surface area contributed by atoms with Gasteiger partial charge in [-0.3, -0.25) is 0 Å². The van der Waals surface area contributed by atoms with Gasteiger partial charge in [-0.2, -0.15) is 0 Å². The van der Waals surface area contributed by atoms with E-state index in [-0.39, 0.29) is 0 Å². The van der Waals surface area contributed by atoms with Gasteiger partial charge < -0.3 is 9.88 Å². The van der Waals surface area contributed by atoms with Gasteiger partial charge in [-0.15, -0.1) is 0 Å². The number of nitrogens with zero attached hydrogens (tertiary/aromatic N) is 1. The van der Waals surface area contributed by atoms with Gasteiger partial charge in [0.05, 0.1) is 0 Å². The summed E-state index contributed by atoms with van der Waals surface area (Å²) < 4.78 is 3.17. The van der Waals surface area contributed by atoms with E-state index >= 15 is 0 Å². The molecule has 2 aromatic rings. The number of benzene rings is 1. The first-order valence-electron chi connectivity index (χ1n) is 5.26. The van der Waals surface area contributed by atoms with Crippen molar-refractivity contribution in [1.82, 2.24) is 4.57 Å². The highest BCUT2D eigenvalue weighted by Gasteiger charge is 1.99. The van der Waals surface area contributed by atoms with Crippen molar-refractivity contribution in [1.29, 1.82) is 0 Å². The fourth-order valence-corrected chi connectivity index (χ4v) is 2.01. The van der Waals surface area contributed by atoms with Gasteiger partial charge in [0.25, 0.3) is 0 Å². The second-order valence-corrected chi connectivity index (χ2v) is 4.91. The second-order valence-electron chi connectivity index (χ2n) is 4.00. The van der Waals surface area contributed by atoms with E-state index in [9.17, 15) is 0 Å². The van der Waals surface area contributed by atoms with Crippen LogP contribution in [0, 0.1) is 6.92 Å². The molecule has 0 unspecified atom stereocenters. The summed E-state index contributed by atoms with van der Waals surface area (Å²) in [5, 5.41) is 3.44. The van der Waals surface area contributed by atoms with Crippen molar-refractivity contribution < 1.29 is 0 Å². The van der Waals surface area contributed by atoms with Crippen LogP contribution in [0.1, 0.15) is 11.1 Å². The molecule has 3 heteroatoms. The highest BCUT2D eigenvalue weighted by molar-refractivity contribution is 9.10. The highest BCUT2D eigenvalue weighted by Crippen LogP contribution is 2.21. The third kappa shape index (κ3) is 2.67. The zero-order valence-electron chi connectivity index (χ0n) is 9.50. The Labute approximate surface area is 104 Å². The molecular formula is C13H15BrN2. The van der Waals surface area contributed by atoms with E-state index in [1.165, 1.54) is 16.8 Å². The first-order chi connectivity index (χ1) is 7.65. The average molecular weight is 279 g/mol. The third-order valence-corrected chi connectivity index (χ3v) is 3.07. The van der Waals surface area contributed by atoms with Gasteiger partial charge in [0.1, 0.15) is 0 Å². The van der Waals surface area contributed by atoms with E-state index in [0.29, 0.717) is 0 Å². The maximum Gasteiger partial charge on any atom is 0.0415 e. The summed E-state index contributed by atoms with van der Waals surface area (Å²) in [7, 11) is 2.04. The molecule has 0 saturated heterocycles. The predicted octanol–water partition coefficient (Wildman–Crippen LogP) is 3.71. The molecule has 0 amide bonds. The largest absolute Gasteiger partial charge is 0.381 e. The van der Waals surface area contributed by atoms with Crippen molar-refractivity contribution in [3.05, 3.63) is 52.3 Å². The molecule has 0 bridgehead atoms. The summed E-state index contributed by atoms with van der Waals surface area (Å²) in [4.78, 5) is 0. The van der Waals surface area contributed by atoms with Crippen LogP contribution in [0.3, 0.4) is 0 Å².